The molecule has 0 radical (unpaired) electrons. The zero-order chi connectivity index (χ0) is 29.6. The molecule has 2 aliphatic heterocycles. The Balaban J connectivity index is 1.57. The Labute approximate surface area is 243 Å². The first kappa shape index (κ1) is 29.7. The highest BCUT2D eigenvalue weighted by atomic mass is 16.5. The highest BCUT2D eigenvalue weighted by molar-refractivity contribution is 5.82. The van der Waals surface area contributed by atoms with Crippen LogP contribution >= 0.6 is 0 Å². The molecule has 0 aliphatic carbocycles. The number of esters is 1. The van der Waals surface area contributed by atoms with Gasteiger partial charge in [0.05, 0.1) is 12.6 Å². The number of carboxylic acids is 1. The van der Waals surface area contributed by atoms with E-state index in [1.54, 1.807) is 13.0 Å². The first-order valence-corrected chi connectivity index (χ1v) is 14.1. The smallest absolute Gasteiger partial charge is 0.330 e. The van der Waals surface area contributed by atoms with Gasteiger partial charge in [0.15, 0.2) is 0 Å². The van der Waals surface area contributed by atoms with Gasteiger partial charge in [-0.1, -0.05) is 101 Å². The van der Waals surface area contributed by atoms with E-state index in [-0.39, 0.29) is 22.8 Å². The van der Waals surface area contributed by atoms with Crippen LogP contribution < -0.4 is 9.80 Å². The van der Waals surface area contributed by atoms with E-state index < -0.39 is 5.97 Å². The summed E-state index contributed by atoms with van der Waals surface area (Å²) < 4.78 is 5.05. The van der Waals surface area contributed by atoms with Crippen molar-refractivity contribution >= 4 is 23.3 Å². The fourth-order valence-electron chi connectivity index (χ4n) is 5.95. The minimum atomic E-state index is -0.949. The second-order valence-electron chi connectivity index (χ2n) is 11.3. The maximum atomic E-state index is 11.9. The summed E-state index contributed by atoms with van der Waals surface area (Å²) in [5.41, 5.74) is 5.52. The van der Waals surface area contributed by atoms with Crippen LogP contribution in [0, 0.1) is 0 Å². The largest absolute Gasteiger partial charge is 0.478 e. The van der Waals surface area contributed by atoms with E-state index >= 15 is 0 Å². The standard InChI is InChI=1S/C35H40N2O4/c1-6-41-33(40)23-15-25-37-29-19-13-11-17-27(29)35(4,5)31(37)21-9-7-8-20-30-34(2,3)26-16-10-12-18-28(26)36(30)24-14-22-32(38)39/h7-23,31H,6,24-25H2,1-5H3,(H,38,39)/b8-7+,21-9+,22-14?,23-15+,30-20+. The van der Waals surface area contributed by atoms with Gasteiger partial charge in [-0.3, -0.25) is 0 Å². The SMILES string of the molecule is CCOC(=O)/C=C/CN1c2ccccc2C(C)(C)C1/C=C/C=C/C=C1/N(CC=CC(=O)O)c2ccccc2C1(C)C. The lowest BCUT2D eigenvalue weighted by Gasteiger charge is -2.31. The Morgan fingerprint density at radius 2 is 1.54 bits per heavy atom. The summed E-state index contributed by atoms with van der Waals surface area (Å²) in [6.07, 6.45) is 16.8. The van der Waals surface area contributed by atoms with E-state index in [9.17, 15) is 9.59 Å². The van der Waals surface area contributed by atoms with Crippen molar-refractivity contribution in [3.05, 3.63) is 120 Å². The summed E-state index contributed by atoms with van der Waals surface area (Å²) in [5.74, 6) is -1.28. The second-order valence-corrected chi connectivity index (χ2v) is 11.3. The number of aliphatic carboxylic acids is 1. The van der Waals surface area contributed by atoms with Crippen LogP contribution in [-0.4, -0.2) is 42.8 Å². The highest BCUT2D eigenvalue weighted by Gasteiger charge is 2.42. The van der Waals surface area contributed by atoms with Crippen LogP contribution in [0.25, 0.3) is 0 Å². The number of fused-ring (bicyclic) bond motifs is 2. The molecule has 1 unspecified atom stereocenters. The van der Waals surface area contributed by atoms with Gasteiger partial charge in [-0.25, -0.2) is 9.59 Å². The van der Waals surface area contributed by atoms with Gasteiger partial charge in [0.25, 0.3) is 0 Å². The lowest BCUT2D eigenvalue weighted by atomic mass is 9.80. The number of para-hydroxylation sites is 2. The van der Waals surface area contributed by atoms with Crippen molar-refractivity contribution in [2.24, 2.45) is 0 Å². The third kappa shape index (κ3) is 6.22. The number of benzene rings is 2. The monoisotopic (exact) mass is 552 g/mol. The molecule has 2 heterocycles. The van der Waals surface area contributed by atoms with Crippen molar-refractivity contribution in [1.29, 1.82) is 0 Å². The number of carbonyl (C=O) groups is 2. The van der Waals surface area contributed by atoms with Crippen LogP contribution in [0.3, 0.4) is 0 Å². The molecule has 41 heavy (non-hydrogen) atoms. The molecule has 4 rings (SSSR count). The summed E-state index contributed by atoms with van der Waals surface area (Å²) in [6, 6.07) is 16.8. The molecule has 6 heteroatoms. The Hall–Kier alpha value is -4.32. The van der Waals surface area contributed by atoms with Gasteiger partial charge < -0.3 is 19.6 Å². The molecule has 0 fully saturated rings. The van der Waals surface area contributed by atoms with E-state index in [1.807, 2.05) is 36.4 Å². The summed E-state index contributed by atoms with van der Waals surface area (Å²) >= 11 is 0. The molecule has 0 spiro atoms. The second kappa shape index (κ2) is 12.5. The predicted molar refractivity (Wildman–Crippen MR) is 166 cm³/mol. The Morgan fingerprint density at radius 1 is 0.878 bits per heavy atom. The highest BCUT2D eigenvalue weighted by Crippen LogP contribution is 2.48. The molecule has 0 saturated carbocycles. The molecular formula is C35H40N2O4. The first-order chi connectivity index (χ1) is 19.6. The van der Waals surface area contributed by atoms with Crippen molar-refractivity contribution in [3.8, 4) is 0 Å². The molecule has 0 aromatic heterocycles. The van der Waals surface area contributed by atoms with Crippen LogP contribution in [0.4, 0.5) is 11.4 Å². The Morgan fingerprint density at radius 3 is 2.24 bits per heavy atom. The zero-order valence-corrected chi connectivity index (χ0v) is 24.6. The summed E-state index contributed by atoms with van der Waals surface area (Å²) in [4.78, 5) is 27.4. The molecule has 0 amide bonds. The number of ether oxygens (including phenoxy) is 1. The Kier molecular flexibility index (Phi) is 9.01. The topological polar surface area (TPSA) is 70.1 Å². The molecule has 2 aromatic rings. The molecule has 214 valence electrons. The van der Waals surface area contributed by atoms with Crippen LogP contribution in [0.15, 0.2) is 109 Å². The van der Waals surface area contributed by atoms with E-state index in [0.717, 1.165) is 11.4 Å². The lowest BCUT2D eigenvalue weighted by Crippen LogP contribution is -2.40. The van der Waals surface area contributed by atoms with Crippen molar-refractivity contribution < 1.29 is 19.4 Å². The third-order valence-corrected chi connectivity index (χ3v) is 7.94. The van der Waals surface area contributed by atoms with Gasteiger partial charge in [0.1, 0.15) is 0 Å². The van der Waals surface area contributed by atoms with Gasteiger partial charge in [-0.15, -0.1) is 0 Å². The number of carboxylic acid groups (broad SMARTS) is 1. The van der Waals surface area contributed by atoms with Crippen LogP contribution in [-0.2, 0) is 25.2 Å². The van der Waals surface area contributed by atoms with E-state index in [0.29, 0.717) is 19.7 Å². The van der Waals surface area contributed by atoms with Gasteiger partial charge in [-0.05, 0) is 36.3 Å². The zero-order valence-electron chi connectivity index (χ0n) is 24.6. The average molecular weight is 553 g/mol. The predicted octanol–water partition coefficient (Wildman–Crippen LogP) is 6.71. The minimum absolute atomic E-state index is 0.0916. The summed E-state index contributed by atoms with van der Waals surface area (Å²) in [6.45, 7) is 12.1. The molecule has 1 N–H and O–H groups in total. The number of hydrogen-bond donors (Lipinski definition) is 1. The summed E-state index contributed by atoms with van der Waals surface area (Å²) in [7, 11) is 0. The number of carbonyl (C=O) groups excluding carboxylic acids is 1. The van der Waals surface area contributed by atoms with Crippen LogP contribution in [0.2, 0.25) is 0 Å². The van der Waals surface area contributed by atoms with Gasteiger partial charge in [0, 0.05) is 53.1 Å². The van der Waals surface area contributed by atoms with Crippen LogP contribution in [0.5, 0.6) is 0 Å². The normalized spacial score (nSPS) is 20.1. The number of allylic oxidation sites excluding steroid dienone is 5. The van der Waals surface area contributed by atoms with Crippen molar-refractivity contribution in [1.82, 2.24) is 0 Å². The van der Waals surface area contributed by atoms with E-state index in [4.69, 9.17) is 9.84 Å². The lowest BCUT2D eigenvalue weighted by molar-refractivity contribution is -0.137. The molecule has 0 bridgehead atoms. The summed E-state index contributed by atoms with van der Waals surface area (Å²) in [5, 5.41) is 9.08. The molecule has 0 saturated heterocycles. The number of anilines is 2. The fourth-order valence-corrected chi connectivity index (χ4v) is 5.95. The Bertz CT molecular complexity index is 1430. The van der Waals surface area contributed by atoms with Crippen molar-refractivity contribution in [3.63, 3.8) is 0 Å². The molecule has 1 atom stereocenters. The maximum absolute atomic E-state index is 11.9. The fraction of sp³-hybridized carbons (Fsp3) is 0.314. The quantitative estimate of drug-likeness (QED) is 0.201. The maximum Gasteiger partial charge on any atom is 0.330 e. The number of rotatable bonds is 10. The van der Waals surface area contributed by atoms with E-state index in [1.165, 1.54) is 29.0 Å². The van der Waals surface area contributed by atoms with Crippen molar-refractivity contribution in [2.45, 2.75) is 51.5 Å². The van der Waals surface area contributed by atoms with Crippen molar-refractivity contribution in [2.75, 3.05) is 29.5 Å². The van der Waals surface area contributed by atoms with Gasteiger partial charge in [-0.2, -0.15) is 0 Å². The van der Waals surface area contributed by atoms with E-state index in [2.05, 4.69) is 86.1 Å². The molecule has 2 aliphatic rings. The molecular weight excluding hydrogens is 512 g/mol. The van der Waals surface area contributed by atoms with Gasteiger partial charge >= 0.3 is 11.9 Å². The third-order valence-electron chi connectivity index (χ3n) is 7.94. The minimum Gasteiger partial charge on any atom is -0.478 e. The number of hydrogen-bond acceptors (Lipinski definition) is 5. The first-order valence-electron chi connectivity index (χ1n) is 14.1. The molecule has 2 aromatic carbocycles. The van der Waals surface area contributed by atoms with Gasteiger partial charge in [0.2, 0.25) is 0 Å². The average Bonchev–Trinajstić information content (AvgIpc) is 3.28. The number of nitrogens with zero attached hydrogens (tertiary/aromatic N) is 2. The molecule has 6 nitrogen and oxygen atoms in total. The van der Waals surface area contributed by atoms with Crippen LogP contribution in [0.1, 0.15) is 45.7 Å².